The number of benzene rings is 1. The van der Waals surface area contributed by atoms with Crippen LogP contribution >= 0.6 is 0 Å². The number of morpholine rings is 1. The predicted octanol–water partition coefficient (Wildman–Crippen LogP) is 2.93. The highest BCUT2D eigenvalue weighted by Gasteiger charge is 2.21. The van der Waals surface area contributed by atoms with Crippen LogP contribution in [-0.2, 0) is 24.4 Å². The number of hydrogen-bond donors (Lipinski definition) is 2. The van der Waals surface area contributed by atoms with E-state index in [2.05, 4.69) is 65.5 Å². The van der Waals surface area contributed by atoms with E-state index in [1.54, 1.807) is 0 Å². The third kappa shape index (κ3) is 4.91. The van der Waals surface area contributed by atoms with Crippen molar-refractivity contribution < 1.29 is 4.74 Å². The first-order valence-corrected chi connectivity index (χ1v) is 9.18. The van der Waals surface area contributed by atoms with Crippen molar-refractivity contribution in [2.75, 3.05) is 13.1 Å². The predicted molar refractivity (Wildman–Crippen MR) is 100 cm³/mol. The molecule has 0 radical (unpaired) electrons. The fourth-order valence-electron chi connectivity index (χ4n) is 3.60. The summed E-state index contributed by atoms with van der Waals surface area (Å²) in [7, 11) is 0. The molecule has 2 aromatic rings. The Labute approximate surface area is 150 Å². The number of aromatic amines is 1. The summed E-state index contributed by atoms with van der Waals surface area (Å²) in [6.07, 6.45) is 0.643. The lowest BCUT2D eigenvalue weighted by atomic mass is 10.1. The Bertz CT molecular complexity index is 650. The molecule has 0 saturated carbocycles. The molecule has 0 bridgehead atoms. The number of aromatic nitrogens is 2. The van der Waals surface area contributed by atoms with Crippen LogP contribution in [0.25, 0.3) is 0 Å². The maximum Gasteiger partial charge on any atom is 0.0678 e. The summed E-state index contributed by atoms with van der Waals surface area (Å²) in [4.78, 5) is 2.48. The van der Waals surface area contributed by atoms with Gasteiger partial charge in [0.15, 0.2) is 0 Å². The monoisotopic (exact) mass is 342 g/mol. The van der Waals surface area contributed by atoms with E-state index in [-0.39, 0.29) is 0 Å². The van der Waals surface area contributed by atoms with Gasteiger partial charge in [0.1, 0.15) is 0 Å². The zero-order chi connectivity index (χ0) is 17.8. The molecule has 1 aromatic heterocycles. The second-order valence-corrected chi connectivity index (χ2v) is 7.28. The zero-order valence-electron chi connectivity index (χ0n) is 15.8. The van der Waals surface area contributed by atoms with Gasteiger partial charge in [0.05, 0.1) is 17.9 Å². The number of ether oxygens (including phenoxy) is 1. The Balaban J connectivity index is 1.49. The van der Waals surface area contributed by atoms with Crippen molar-refractivity contribution in [2.45, 2.75) is 59.5 Å². The van der Waals surface area contributed by atoms with Gasteiger partial charge in [-0.15, -0.1) is 0 Å². The summed E-state index contributed by atoms with van der Waals surface area (Å²) in [5.41, 5.74) is 6.17. The van der Waals surface area contributed by atoms with E-state index in [0.717, 1.165) is 44.1 Å². The van der Waals surface area contributed by atoms with E-state index < -0.39 is 0 Å². The van der Waals surface area contributed by atoms with Gasteiger partial charge in [0.2, 0.25) is 0 Å². The Hall–Kier alpha value is -1.69. The lowest BCUT2D eigenvalue weighted by Crippen LogP contribution is -2.44. The fourth-order valence-corrected chi connectivity index (χ4v) is 3.60. The smallest absolute Gasteiger partial charge is 0.0678 e. The molecule has 2 atom stereocenters. The molecule has 1 aromatic carbocycles. The summed E-state index contributed by atoms with van der Waals surface area (Å²) in [6.45, 7) is 13.2. The first kappa shape index (κ1) is 18.1. The van der Waals surface area contributed by atoms with E-state index in [1.165, 1.54) is 16.7 Å². The molecule has 5 heteroatoms. The van der Waals surface area contributed by atoms with Crippen molar-refractivity contribution in [1.82, 2.24) is 20.4 Å². The Morgan fingerprint density at radius 2 is 1.72 bits per heavy atom. The fraction of sp³-hybridized carbons (Fsp3) is 0.550. The van der Waals surface area contributed by atoms with E-state index >= 15 is 0 Å². The maximum absolute atomic E-state index is 5.81. The van der Waals surface area contributed by atoms with Crippen LogP contribution in [0.4, 0.5) is 0 Å². The molecule has 3 rings (SSSR count). The Morgan fingerprint density at radius 3 is 2.32 bits per heavy atom. The molecule has 136 valence electrons. The van der Waals surface area contributed by atoms with Gasteiger partial charge in [-0.05, 0) is 38.8 Å². The highest BCUT2D eigenvalue weighted by molar-refractivity contribution is 5.24. The maximum atomic E-state index is 5.81. The standard InChI is InChI=1S/C20H30N4O/c1-14-11-24(12-15(2)25-14)13-19-7-5-18(6-8-19)9-21-10-20-16(3)22-23-17(20)4/h5-8,14-15,21H,9-13H2,1-4H3,(H,22,23)/t14-,15-/m0/s1. The van der Waals surface area contributed by atoms with Crippen LogP contribution in [0.15, 0.2) is 24.3 Å². The zero-order valence-corrected chi connectivity index (χ0v) is 15.8. The molecule has 0 aliphatic carbocycles. The minimum atomic E-state index is 0.321. The number of rotatable bonds is 6. The molecular weight excluding hydrogens is 312 g/mol. The van der Waals surface area contributed by atoms with Crippen molar-refractivity contribution in [1.29, 1.82) is 0 Å². The minimum absolute atomic E-state index is 0.321. The second-order valence-electron chi connectivity index (χ2n) is 7.28. The molecule has 2 heterocycles. The second kappa shape index (κ2) is 8.13. The quantitative estimate of drug-likeness (QED) is 0.847. The number of nitrogens with one attached hydrogen (secondary N) is 2. The van der Waals surface area contributed by atoms with Crippen LogP contribution < -0.4 is 5.32 Å². The van der Waals surface area contributed by atoms with E-state index in [4.69, 9.17) is 4.74 Å². The van der Waals surface area contributed by atoms with Crippen molar-refractivity contribution in [2.24, 2.45) is 0 Å². The highest BCUT2D eigenvalue weighted by atomic mass is 16.5. The van der Waals surface area contributed by atoms with Crippen LogP contribution in [0.3, 0.4) is 0 Å². The molecule has 1 aliphatic rings. The number of aryl methyl sites for hydroxylation is 2. The normalized spacial score (nSPS) is 21.6. The number of H-pyrrole nitrogens is 1. The molecule has 2 N–H and O–H groups in total. The van der Waals surface area contributed by atoms with Gasteiger partial charge in [0, 0.05) is 44.0 Å². The van der Waals surface area contributed by atoms with Crippen molar-refractivity contribution in [3.8, 4) is 0 Å². The Kier molecular flexibility index (Phi) is 5.89. The van der Waals surface area contributed by atoms with Crippen LogP contribution in [-0.4, -0.2) is 40.4 Å². The van der Waals surface area contributed by atoms with Crippen molar-refractivity contribution >= 4 is 0 Å². The third-order valence-electron chi connectivity index (χ3n) is 4.84. The van der Waals surface area contributed by atoms with Crippen LogP contribution in [0.1, 0.15) is 41.9 Å². The lowest BCUT2D eigenvalue weighted by molar-refractivity contribution is -0.0704. The first-order chi connectivity index (χ1) is 12.0. The summed E-state index contributed by atoms with van der Waals surface area (Å²) in [6, 6.07) is 8.95. The minimum Gasteiger partial charge on any atom is -0.373 e. The average molecular weight is 342 g/mol. The summed E-state index contributed by atoms with van der Waals surface area (Å²) in [5.74, 6) is 0. The van der Waals surface area contributed by atoms with E-state index in [0.29, 0.717) is 12.2 Å². The number of hydrogen-bond acceptors (Lipinski definition) is 4. The molecule has 25 heavy (non-hydrogen) atoms. The van der Waals surface area contributed by atoms with Gasteiger partial charge in [0.25, 0.3) is 0 Å². The van der Waals surface area contributed by atoms with Gasteiger partial charge in [-0.3, -0.25) is 10.00 Å². The van der Waals surface area contributed by atoms with Crippen LogP contribution in [0.5, 0.6) is 0 Å². The van der Waals surface area contributed by atoms with E-state index in [9.17, 15) is 0 Å². The average Bonchev–Trinajstić information content (AvgIpc) is 2.87. The topological polar surface area (TPSA) is 53.2 Å². The number of nitrogens with zero attached hydrogens (tertiary/aromatic N) is 2. The Morgan fingerprint density at radius 1 is 1.08 bits per heavy atom. The summed E-state index contributed by atoms with van der Waals surface area (Å²) in [5, 5.41) is 10.8. The summed E-state index contributed by atoms with van der Waals surface area (Å²) >= 11 is 0. The molecule has 0 unspecified atom stereocenters. The largest absolute Gasteiger partial charge is 0.373 e. The van der Waals surface area contributed by atoms with Crippen LogP contribution in [0.2, 0.25) is 0 Å². The van der Waals surface area contributed by atoms with Crippen LogP contribution in [0, 0.1) is 13.8 Å². The van der Waals surface area contributed by atoms with Crippen molar-refractivity contribution in [3.05, 3.63) is 52.3 Å². The van der Waals surface area contributed by atoms with Gasteiger partial charge in [-0.2, -0.15) is 5.10 Å². The molecule has 1 fully saturated rings. The molecule has 0 spiro atoms. The first-order valence-electron chi connectivity index (χ1n) is 9.18. The molecule has 1 saturated heterocycles. The van der Waals surface area contributed by atoms with Gasteiger partial charge in [-0.1, -0.05) is 24.3 Å². The van der Waals surface area contributed by atoms with E-state index in [1.807, 2.05) is 6.92 Å². The highest BCUT2D eigenvalue weighted by Crippen LogP contribution is 2.15. The van der Waals surface area contributed by atoms with Gasteiger partial charge >= 0.3 is 0 Å². The lowest BCUT2D eigenvalue weighted by Gasteiger charge is -2.35. The molecule has 5 nitrogen and oxygen atoms in total. The molecular formula is C20H30N4O. The third-order valence-corrected chi connectivity index (χ3v) is 4.84. The summed E-state index contributed by atoms with van der Waals surface area (Å²) < 4.78 is 5.81. The molecule has 0 amide bonds. The van der Waals surface area contributed by atoms with Gasteiger partial charge < -0.3 is 10.1 Å². The van der Waals surface area contributed by atoms with Crippen molar-refractivity contribution in [3.63, 3.8) is 0 Å². The molecule has 1 aliphatic heterocycles. The SMILES string of the molecule is Cc1n[nH]c(C)c1CNCc1ccc(CN2C[C@H](C)O[C@@H](C)C2)cc1. The van der Waals surface area contributed by atoms with Gasteiger partial charge in [-0.25, -0.2) is 0 Å².